The van der Waals surface area contributed by atoms with Crippen LogP contribution in [0, 0.1) is 0 Å². The Morgan fingerprint density at radius 1 is 0.973 bits per heavy atom. The van der Waals surface area contributed by atoms with E-state index in [1.807, 2.05) is 0 Å². The number of para-hydroxylation sites is 1. The van der Waals surface area contributed by atoms with Crippen LogP contribution in [0.1, 0.15) is 55.5 Å². The number of nitrogens with zero attached hydrogens (tertiary/aromatic N) is 3. The second-order valence-electron chi connectivity index (χ2n) is 9.95. The van der Waals surface area contributed by atoms with E-state index in [2.05, 4.69) is 25.8 Å². The molecular formula is C28H29N3O5S. The Bertz CT molecular complexity index is 1640. The minimum Gasteiger partial charge on any atom is -0.478 e. The predicted octanol–water partition coefficient (Wildman–Crippen LogP) is 4.76. The van der Waals surface area contributed by atoms with Crippen LogP contribution in [0.4, 0.5) is 0 Å². The first kappa shape index (κ1) is 26.2. The lowest BCUT2D eigenvalue weighted by molar-refractivity contribution is 0.0697. The van der Waals surface area contributed by atoms with Gasteiger partial charge in [-0.15, -0.1) is 0 Å². The van der Waals surface area contributed by atoms with Crippen LogP contribution in [0.5, 0.6) is 0 Å². The summed E-state index contributed by atoms with van der Waals surface area (Å²) in [5.41, 5.74) is 1.40. The molecule has 0 radical (unpaired) electrons. The minimum absolute atomic E-state index is 0.0681. The number of benzene rings is 3. The predicted molar refractivity (Wildman–Crippen MR) is 143 cm³/mol. The Balaban J connectivity index is 1.84. The molecule has 9 heteroatoms. The molecule has 1 aromatic heterocycles. The highest BCUT2D eigenvalue weighted by Crippen LogP contribution is 2.29. The zero-order valence-electron chi connectivity index (χ0n) is 21.3. The monoisotopic (exact) mass is 519 g/mol. The third kappa shape index (κ3) is 4.92. The molecule has 0 aliphatic carbocycles. The molecule has 0 aliphatic heterocycles. The van der Waals surface area contributed by atoms with Crippen molar-refractivity contribution in [1.29, 1.82) is 0 Å². The number of carboxylic acids is 1. The van der Waals surface area contributed by atoms with Crippen molar-refractivity contribution in [1.82, 2.24) is 13.9 Å². The maximum Gasteiger partial charge on any atom is 0.335 e. The van der Waals surface area contributed by atoms with Gasteiger partial charge in [-0.25, -0.2) is 18.2 Å². The van der Waals surface area contributed by atoms with Crippen molar-refractivity contribution >= 4 is 26.9 Å². The van der Waals surface area contributed by atoms with Gasteiger partial charge >= 0.3 is 5.97 Å². The van der Waals surface area contributed by atoms with Gasteiger partial charge in [0.25, 0.3) is 5.56 Å². The molecule has 192 valence electrons. The topological polar surface area (TPSA) is 110 Å². The molecule has 0 fully saturated rings. The van der Waals surface area contributed by atoms with Crippen molar-refractivity contribution in [2.45, 2.75) is 44.0 Å². The van der Waals surface area contributed by atoms with Gasteiger partial charge in [-0.05, 0) is 66.4 Å². The van der Waals surface area contributed by atoms with Crippen LogP contribution in [0.15, 0.2) is 82.5 Å². The van der Waals surface area contributed by atoms with Gasteiger partial charge in [0, 0.05) is 7.05 Å². The summed E-state index contributed by atoms with van der Waals surface area (Å²) in [5, 5.41) is 9.63. The molecule has 1 N–H and O–H groups in total. The van der Waals surface area contributed by atoms with E-state index < -0.39 is 22.0 Å². The molecule has 1 unspecified atom stereocenters. The lowest BCUT2D eigenvalue weighted by atomic mass is 9.87. The van der Waals surface area contributed by atoms with E-state index in [0.29, 0.717) is 16.6 Å². The fourth-order valence-corrected chi connectivity index (χ4v) is 5.42. The number of rotatable bonds is 6. The molecular weight excluding hydrogens is 490 g/mol. The lowest BCUT2D eigenvalue weighted by Gasteiger charge is -2.27. The second-order valence-corrected chi connectivity index (χ2v) is 11.9. The Morgan fingerprint density at radius 2 is 1.57 bits per heavy atom. The summed E-state index contributed by atoms with van der Waals surface area (Å²) < 4.78 is 29.7. The summed E-state index contributed by atoms with van der Waals surface area (Å²) in [6.07, 6.45) is 0. The average Bonchev–Trinajstić information content (AvgIpc) is 2.87. The van der Waals surface area contributed by atoms with Crippen LogP contribution in [-0.2, 0) is 15.4 Å². The van der Waals surface area contributed by atoms with Crippen LogP contribution in [-0.4, -0.2) is 40.4 Å². The largest absolute Gasteiger partial charge is 0.478 e. The maximum absolute atomic E-state index is 13.6. The zero-order valence-corrected chi connectivity index (χ0v) is 22.2. The summed E-state index contributed by atoms with van der Waals surface area (Å²) in [6.45, 7) is 7.83. The first-order valence-corrected chi connectivity index (χ1v) is 13.2. The number of carbonyl (C=O) groups is 1. The van der Waals surface area contributed by atoms with Gasteiger partial charge in [0.15, 0.2) is 0 Å². The fraction of sp³-hybridized carbons (Fsp3) is 0.250. The van der Waals surface area contributed by atoms with Crippen LogP contribution >= 0.6 is 0 Å². The number of fused-ring (bicyclic) bond motifs is 1. The summed E-state index contributed by atoms with van der Waals surface area (Å²) in [6, 6.07) is 18.6. The van der Waals surface area contributed by atoms with Crippen molar-refractivity contribution < 1.29 is 18.3 Å². The van der Waals surface area contributed by atoms with Crippen LogP contribution in [0.25, 0.3) is 16.6 Å². The van der Waals surface area contributed by atoms with E-state index in [0.717, 1.165) is 5.56 Å². The van der Waals surface area contributed by atoms with Gasteiger partial charge in [0.2, 0.25) is 10.0 Å². The van der Waals surface area contributed by atoms with E-state index in [1.165, 1.54) is 40.2 Å². The van der Waals surface area contributed by atoms with Gasteiger partial charge < -0.3 is 5.11 Å². The molecule has 1 heterocycles. The standard InChI is InChI=1S/C28H29N3O5S/c1-18(30(5)37(35,36)22-16-12-20(13-17-22)28(2,3)4)25-29-24-9-7-6-8-23(24)26(32)31(25)21-14-10-19(11-15-21)27(33)34/h6-18H,1-5H3,(H,33,34). The van der Waals surface area contributed by atoms with Crippen molar-refractivity contribution in [3.8, 4) is 5.69 Å². The molecule has 0 amide bonds. The third-order valence-corrected chi connectivity index (χ3v) is 8.43. The molecule has 8 nitrogen and oxygen atoms in total. The molecule has 4 aromatic rings. The molecule has 3 aromatic carbocycles. The number of sulfonamides is 1. The van der Waals surface area contributed by atoms with Gasteiger partial charge in [0.05, 0.1) is 33.1 Å². The lowest BCUT2D eigenvalue weighted by Crippen LogP contribution is -2.35. The Kier molecular flexibility index (Phi) is 6.79. The second kappa shape index (κ2) is 9.57. The molecule has 0 bridgehead atoms. The number of aromatic carboxylic acids is 1. The smallest absolute Gasteiger partial charge is 0.335 e. The maximum atomic E-state index is 13.6. The molecule has 4 rings (SSSR count). The molecule has 0 spiro atoms. The molecule has 0 saturated heterocycles. The Labute approximate surface area is 215 Å². The molecule has 0 aliphatic rings. The average molecular weight is 520 g/mol. The molecule has 0 saturated carbocycles. The normalized spacial score (nSPS) is 13.1. The highest BCUT2D eigenvalue weighted by atomic mass is 32.2. The van der Waals surface area contributed by atoms with Crippen molar-refractivity contribution in [3.63, 3.8) is 0 Å². The first-order valence-electron chi connectivity index (χ1n) is 11.8. The minimum atomic E-state index is -3.93. The van der Waals surface area contributed by atoms with E-state index in [-0.39, 0.29) is 27.3 Å². The van der Waals surface area contributed by atoms with E-state index in [4.69, 9.17) is 0 Å². The zero-order chi connectivity index (χ0) is 27.1. The number of aromatic nitrogens is 2. The summed E-state index contributed by atoms with van der Waals surface area (Å²) in [4.78, 5) is 29.7. The number of hydrogen-bond acceptors (Lipinski definition) is 5. The quantitative estimate of drug-likeness (QED) is 0.393. The van der Waals surface area contributed by atoms with Crippen molar-refractivity contribution in [3.05, 3.63) is 100 Å². The van der Waals surface area contributed by atoms with Crippen LogP contribution in [0.2, 0.25) is 0 Å². The van der Waals surface area contributed by atoms with Gasteiger partial charge in [-0.2, -0.15) is 4.31 Å². The van der Waals surface area contributed by atoms with Gasteiger partial charge in [-0.1, -0.05) is 45.0 Å². The van der Waals surface area contributed by atoms with E-state index >= 15 is 0 Å². The van der Waals surface area contributed by atoms with Crippen molar-refractivity contribution in [2.24, 2.45) is 0 Å². The SMILES string of the molecule is CC(c1nc2ccccc2c(=O)n1-c1ccc(C(=O)O)cc1)N(C)S(=O)(=O)c1ccc(C(C)(C)C)cc1. The number of carboxylic acid groups (broad SMARTS) is 1. The summed E-state index contributed by atoms with van der Waals surface area (Å²) in [7, 11) is -2.48. The van der Waals surface area contributed by atoms with Crippen LogP contribution < -0.4 is 5.56 Å². The van der Waals surface area contributed by atoms with Gasteiger partial charge in [0.1, 0.15) is 5.82 Å². The highest BCUT2D eigenvalue weighted by molar-refractivity contribution is 7.89. The Hall–Kier alpha value is -3.82. The van der Waals surface area contributed by atoms with E-state index in [1.54, 1.807) is 55.5 Å². The summed E-state index contributed by atoms with van der Waals surface area (Å²) >= 11 is 0. The first-order chi connectivity index (χ1) is 17.3. The van der Waals surface area contributed by atoms with E-state index in [9.17, 15) is 23.1 Å². The Morgan fingerprint density at radius 3 is 2.14 bits per heavy atom. The van der Waals surface area contributed by atoms with Crippen molar-refractivity contribution in [2.75, 3.05) is 7.05 Å². The van der Waals surface area contributed by atoms with Gasteiger partial charge in [-0.3, -0.25) is 9.36 Å². The molecule has 1 atom stereocenters. The third-order valence-electron chi connectivity index (χ3n) is 6.49. The fourth-order valence-electron chi connectivity index (χ4n) is 4.10. The highest BCUT2D eigenvalue weighted by Gasteiger charge is 2.30. The number of hydrogen-bond donors (Lipinski definition) is 1. The molecule has 37 heavy (non-hydrogen) atoms. The van der Waals surface area contributed by atoms with Crippen LogP contribution in [0.3, 0.4) is 0 Å². The summed E-state index contributed by atoms with van der Waals surface area (Å²) in [5.74, 6) is -0.878.